The van der Waals surface area contributed by atoms with E-state index in [1.807, 2.05) is 0 Å². The van der Waals surface area contributed by atoms with Gasteiger partial charge in [-0.2, -0.15) is 0 Å². The molecule has 0 aliphatic heterocycles. The highest BCUT2D eigenvalue weighted by Gasteiger charge is 2.09. The van der Waals surface area contributed by atoms with Gasteiger partial charge in [0.05, 0.1) is 11.2 Å². The summed E-state index contributed by atoms with van der Waals surface area (Å²) < 4.78 is 16.7. The highest BCUT2D eigenvalue weighted by Crippen LogP contribution is 2.07. The van der Waals surface area contributed by atoms with Crippen LogP contribution in [0.1, 0.15) is 54.4 Å². The molecular formula is C14H30O3. The summed E-state index contributed by atoms with van der Waals surface area (Å²) in [7, 11) is 0. The van der Waals surface area contributed by atoms with Gasteiger partial charge in [0.15, 0.2) is 0 Å². The van der Waals surface area contributed by atoms with Crippen molar-refractivity contribution in [3.8, 4) is 0 Å². The molecule has 3 heteroatoms. The van der Waals surface area contributed by atoms with Crippen LogP contribution >= 0.6 is 0 Å². The smallest absolute Gasteiger partial charge is 0.0598 e. The number of rotatable bonds is 8. The van der Waals surface area contributed by atoms with E-state index in [0.29, 0.717) is 0 Å². The van der Waals surface area contributed by atoms with Gasteiger partial charge in [-0.05, 0) is 54.4 Å². The minimum Gasteiger partial charge on any atom is -0.381 e. The maximum absolute atomic E-state index is 5.60. The molecule has 0 radical (unpaired) electrons. The third-order valence-corrected chi connectivity index (χ3v) is 1.94. The zero-order chi connectivity index (χ0) is 13.4. The average molecular weight is 246 g/mol. The highest BCUT2D eigenvalue weighted by molar-refractivity contribution is 4.59. The second-order valence-corrected chi connectivity index (χ2v) is 6.24. The molecule has 0 bridgehead atoms. The molecule has 0 aromatic heterocycles. The van der Waals surface area contributed by atoms with E-state index in [2.05, 4.69) is 41.5 Å². The Balaban J connectivity index is 3.15. The van der Waals surface area contributed by atoms with Crippen LogP contribution in [0.15, 0.2) is 0 Å². The quantitative estimate of drug-likeness (QED) is 0.614. The molecule has 0 rings (SSSR count). The van der Waals surface area contributed by atoms with Crippen LogP contribution in [0, 0.1) is 0 Å². The molecule has 104 valence electrons. The molecule has 0 aromatic carbocycles. The Bertz CT molecular complexity index is 157. The third-order valence-electron chi connectivity index (χ3n) is 1.94. The molecule has 0 fully saturated rings. The van der Waals surface area contributed by atoms with Crippen LogP contribution in [-0.4, -0.2) is 37.6 Å². The van der Waals surface area contributed by atoms with E-state index in [4.69, 9.17) is 14.2 Å². The van der Waals surface area contributed by atoms with Crippen LogP contribution < -0.4 is 0 Å². The SMILES string of the molecule is CC(C)(C)OCCCOCCCOC(C)(C)C. The lowest BCUT2D eigenvalue weighted by Gasteiger charge is -2.20. The molecule has 0 saturated heterocycles. The molecule has 0 N–H and O–H groups in total. The van der Waals surface area contributed by atoms with E-state index in [1.165, 1.54) is 0 Å². The van der Waals surface area contributed by atoms with Crippen molar-refractivity contribution < 1.29 is 14.2 Å². The van der Waals surface area contributed by atoms with E-state index >= 15 is 0 Å². The molecule has 17 heavy (non-hydrogen) atoms. The molecule has 3 nitrogen and oxygen atoms in total. The first-order valence-corrected chi connectivity index (χ1v) is 6.56. The zero-order valence-corrected chi connectivity index (χ0v) is 12.5. The number of hydrogen-bond acceptors (Lipinski definition) is 3. The minimum atomic E-state index is -0.0411. The van der Waals surface area contributed by atoms with Gasteiger partial charge in [0, 0.05) is 26.4 Å². The maximum Gasteiger partial charge on any atom is 0.0598 e. The van der Waals surface area contributed by atoms with Gasteiger partial charge in [-0.3, -0.25) is 0 Å². The Hall–Kier alpha value is -0.120. The fraction of sp³-hybridized carbons (Fsp3) is 1.00. The van der Waals surface area contributed by atoms with E-state index in [0.717, 1.165) is 39.3 Å². The molecule has 0 saturated carbocycles. The summed E-state index contributed by atoms with van der Waals surface area (Å²) in [6, 6.07) is 0. The molecule has 0 aliphatic rings. The Morgan fingerprint density at radius 2 is 0.941 bits per heavy atom. The van der Waals surface area contributed by atoms with Crippen molar-refractivity contribution in [3.63, 3.8) is 0 Å². The van der Waals surface area contributed by atoms with Gasteiger partial charge in [0.1, 0.15) is 0 Å². The van der Waals surface area contributed by atoms with Crippen LogP contribution in [0.2, 0.25) is 0 Å². The fourth-order valence-corrected chi connectivity index (χ4v) is 1.18. The molecule has 0 heterocycles. The Morgan fingerprint density at radius 1 is 0.588 bits per heavy atom. The average Bonchev–Trinajstić information content (AvgIpc) is 2.11. The van der Waals surface area contributed by atoms with Crippen LogP contribution in [0.4, 0.5) is 0 Å². The molecular weight excluding hydrogens is 216 g/mol. The van der Waals surface area contributed by atoms with Gasteiger partial charge in [-0.25, -0.2) is 0 Å². The first-order chi connectivity index (χ1) is 7.71. The zero-order valence-electron chi connectivity index (χ0n) is 12.5. The largest absolute Gasteiger partial charge is 0.381 e. The lowest BCUT2D eigenvalue weighted by molar-refractivity contribution is -0.0236. The summed E-state index contributed by atoms with van der Waals surface area (Å²) in [6.07, 6.45) is 1.91. The predicted molar refractivity (Wildman–Crippen MR) is 71.5 cm³/mol. The summed E-state index contributed by atoms with van der Waals surface area (Å²) in [6.45, 7) is 15.5. The van der Waals surface area contributed by atoms with Gasteiger partial charge in [-0.15, -0.1) is 0 Å². The van der Waals surface area contributed by atoms with Crippen molar-refractivity contribution >= 4 is 0 Å². The summed E-state index contributed by atoms with van der Waals surface area (Å²) in [5, 5.41) is 0. The first-order valence-electron chi connectivity index (χ1n) is 6.56. The van der Waals surface area contributed by atoms with Crippen LogP contribution in [0.5, 0.6) is 0 Å². The normalized spacial score (nSPS) is 13.1. The summed E-state index contributed by atoms with van der Waals surface area (Å²) in [5.74, 6) is 0. The Kier molecular flexibility index (Phi) is 8.01. The van der Waals surface area contributed by atoms with E-state index in [1.54, 1.807) is 0 Å². The van der Waals surface area contributed by atoms with Crippen molar-refractivity contribution in [2.45, 2.75) is 65.6 Å². The van der Waals surface area contributed by atoms with Gasteiger partial charge in [0.25, 0.3) is 0 Å². The van der Waals surface area contributed by atoms with Gasteiger partial charge in [0.2, 0.25) is 0 Å². The van der Waals surface area contributed by atoms with Crippen molar-refractivity contribution in [2.75, 3.05) is 26.4 Å². The molecule has 0 spiro atoms. The lowest BCUT2D eigenvalue weighted by atomic mass is 10.2. The molecule has 0 aliphatic carbocycles. The van der Waals surface area contributed by atoms with Crippen molar-refractivity contribution in [1.82, 2.24) is 0 Å². The molecule has 0 aromatic rings. The van der Waals surface area contributed by atoms with Crippen molar-refractivity contribution in [2.24, 2.45) is 0 Å². The fourth-order valence-electron chi connectivity index (χ4n) is 1.18. The number of hydrogen-bond donors (Lipinski definition) is 0. The van der Waals surface area contributed by atoms with Crippen LogP contribution in [0.25, 0.3) is 0 Å². The monoisotopic (exact) mass is 246 g/mol. The highest BCUT2D eigenvalue weighted by atomic mass is 16.5. The third kappa shape index (κ3) is 15.9. The summed E-state index contributed by atoms with van der Waals surface area (Å²) in [5.41, 5.74) is -0.0822. The lowest BCUT2D eigenvalue weighted by Crippen LogP contribution is -2.21. The number of ether oxygens (including phenoxy) is 3. The van der Waals surface area contributed by atoms with E-state index in [-0.39, 0.29) is 11.2 Å². The second kappa shape index (κ2) is 8.06. The Labute approximate surface area is 107 Å². The summed E-state index contributed by atoms with van der Waals surface area (Å²) in [4.78, 5) is 0. The molecule has 0 unspecified atom stereocenters. The van der Waals surface area contributed by atoms with E-state index < -0.39 is 0 Å². The van der Waals surface area contributed by atoms with Gasteiger partial charge >= 0.3 is 0 Å². The maximum atomic E-state index is 5.60. The standard InChI is InChI=1S/C14H30O3/c1-13(2,3)16-11-7-9-15-10-8-12-17-14(4,5)6/h7-12H2,1-6H3. The molecule has 0 amide bonds. The van der Waals surface area contributed by atoms with E-state index in [9.17, 15) is 0 Å². The first kappa shape index (κ1) is 16.9. The van der Waals surface area contributed by atoms with Gasteiger partial charge in [-0.1, -0.05) is 0 Å². The topological polar surface area (TPSA) is 27.7 Å². The van der Waals surface area contributed by atoms with Crippen LogP contribution in [0.3, 0.4) is 0 Å². The second-order valence-electron chi connectivity index (χ2n) is 6.24. The summed E-state index contributed by atoms with van der Waals surface area (Å²) >= 11 is 0. The van der Waals surface area contributed by atoms with Gasteiger partial charge < -0.3 is 14.2 Å². The molecule has 0 atom stereocenters. The van der Waals surface area contributed by atoms with Crippen LogP contribution in [-0.2, 0) is 14.2 Å². The predicted octanol–water partition coefficient (Wildman–Crippen LogP) is 3.41. The van der Waals surface area contributed by atoms with Crippen molar-refractivity contribution in [1.29, 1.82) is 0 Å². The Morgan fingerprint density at radius 3 is 1.24 bits per heavy atom. The minimum absolute atomic E-state index is 0.0411. The van der Waals surface area contributed by atoms with Crippen molar-refractivity contribution in [3.05, 3.63) is 0 Å².